The highest BCUT2D eigenvalue weighted by Gasteiger charge is 2.27. The maximum Gasteiger partial charge on any atom is 0.224 e. The van der Waals surface area contributed by atoms with E-state index < -0.39 is 14.8 Å². The van der Waals surface area contributed by atoms with Crippen molar-refractivity contribution in [1.82, 2.24) is 4.72 Å². The number of hydrogen-bond donors (Lipinski definition) is 2. The Hall–Kier alpha value is -1.44. The van der Waals surface area contributed by atoms with Crippen LogP contribution in [0, 0.1) is 0 Å². The van der Waals surface area contributed by atoms with Gasteiger partial charge in [-0.2, -0.15) is 0 Å². The molecule has 2 rings (SSSR count). The zero-order valence-corrected chi connectivity index (χ0v) is 15.9. The first-order chi connectivity index (χ1) is 11.2. The number of hydrogen-bond acceptors (Lipinski definition) is 4. The number of benzene rings is 1. The van der Waals surface area contributed by atoms with Gasteiger partial charge in [0.1, 0.15) is 0 Å². The summed E-state index contributed by atoms with van der Waals surface area (Å²) in [5.41, 5.74) is 0.791. The van der Waals surface area contributed by atoms with Crippen molar-refractivity contribution in [2.45, 2.75) is 44.8 Å². The topological polar surface area (TPSA) is 75.3 Å². The smallest absolute Gasteiger partial charge is 0.224 e. The number of thiophene rings is 1. The Bertz CT molecular complexity index is 805. The molecule has 0 saturated heterocycles. The first kappa shape index (κ1) is 18.9. The highest BCUT2D eigenvalue weighted by molar-refractivity contribution is 7.90. The largest absolute Gasteiger partial charge is 0.326 e. The highest BCUT2D eigenvalue weighted by Crippen LogP contribution is 2.24. The molecule has 24 heavy (non-hydrogen) atoms. The summed E-state index contributed by atoms with van der Waals surface area (Å²) in [5, 5.41) is 6.02. The van der Waals surface area contributed by atoms with Gasteiger partial charge < -0.3 is 5.32 Å². The first-order valence-corrected chi connectivity index (χ1v) is 10.3. The summed E-state index contributed by atoms with van der Waals surface area (Å²) >= 11 is 1.67. The van der Waals surface area contributed by atoms with Gasteiger partial charge in [0.25, 0.3) is 0 Å². The van der Waals surface area contributed by atoms with Crippen LogP contribution < -0.4 is 10.0 Å². The first-order valence-electron chi connectivity index (χ1n) is 7.95. The molecule has 0 aliphatic heterocycles. The highest BCUT2D eigenvalue weighted by atomic mass is 32.2. The molecule has 0 spiro atoms. The molecule has 5 nitrogen and oxygen atoms in total. The molecule has 0 saturated carbocycles. The minimum absolute atomic E-state index is 0.0525. The van der Waals surface area contributed by atoms with E-state index in [1.807, 2.05) is 29.6 Å². The molecule has 132 valence electrons. The van der Waals surface area contributed by atoms with Gasteiger partial charge >= 0.3 is 0 Å². The summed E-state index contributed by atoms with van der Waals surface area (Å²) in [4.78, 5) is 12.0. The third kappa shape index (κ3) is 5.03. The summed E-state index contributed by atoms with van der Waals surface area (Å²) in [6.45, 7) is 5.33. The van der Waals surface area contributed by atoms with Crippen LogP contribution in [0.1, 0.15) is 40.0 Å². The molecule has 2 N–H and O–H groups in total. The van der Waals surface area contributed by atoms with Gasteiger partial charge in [-0.15, -0.1) is 11.3 Å². The van der Waals surface area contributed by atoms with Crippen molar-refractivity contribution in [3.05, 3.63) is 29.6 Å². The van der Waals surface area contributed by atoms with Crippen LogP contribution in [0.2, 0.25) is 0 Å². The monoisotopic (exact) mass is 368 g/mol. The summed E-state index contributed by atoms with van der Waals surface area (Å²) in [7, 11) is -3.31. The predicted octanol–water partition coefficient (Wildman–Crippen LogP) is 3.73. The maximum atomic E-state index is 12.0. The van der Waals surface area contributed by atoms with E-state index in [-0.39, 0.29) is 5.91 Å². The number of rotatable bonds is 7. The number of nitrogens with one attached hydrogen (secondary N) is 2. The molecule has 0 unspecified atom stereocenters. The number of anilines is 1. The van der Waals surface area contributed by atoms with Crippen LogP contribution in [0.3, 0.4) is 0 Å². The predicted molar refractivity (Wildman–Crippen MR) is 101 cm³/mol. The molecule has 0 fully saturated rings. The van der Waals surface area contributed by atoms with Crippen molar-refractivity contribution in [3.8, 4) is 0 Å². The molecule has 1 aromatic heterocycles. The van der Waals surface area contributed by atoms with Crippen LogP contribution in [0.25, 0.3) is 10.1 Å². The maximum absolute atomic E-state index is 12.0. The second-order valence-corrected chi connectivity index (χ2v) is 10.2. The van der Waals surface area contributed by atoms with Crippen molar-refractivity contribution in [3.63, 3.8) is 0 Å². The summed E-state index contributed by atoms with van der Waals surface area (Å²) in [6.07, 6.45) is 1.64. The van der Waals surface area contributed by atoms with Crippen molar-refractivity contribution in [2.75, 3.05) is 11.9 Å². The molecule has 0 aliphatic rings. The van der Waals surface area contributed by atoms with Crippen LogP contribution in [-0.2, 0) is 14.8 Å². The van der Waals surface area contributed by atoms with Gasteiger partial charge in [-0.1, -0.05) is 0 Å². The lowest BCUT2D eigenvalue weighted by Crippen LogP contribution is -2.39. The fraction of sp³-hybridized carbons (Fsp3) is 0.471. The van der Waals surface area contributed by atoms with Gasteiger partial charge in [-0.25, -0.2) is 13.1 Å². The van der Waals surface area contributed by atoms with E-state index in [0.717, 1.165) is 11.1 Å². The molecule has 1 aromatic carbocycles. The van der Waals surface area contributed by atoms with Gasteiger partial charge in [0.05, 0.1) is 4.75 Å². The normalized spacial score (nSPS) is 12.5. The molecular formula is C17H24N2O3S2. The number of fused-ring (bicyclic) bond motifs is 1. The average Bonchev–Trinajstić information content (AvgIpc) is 2.93. The van der Waals surface area contributed by atoms with E-state index in [1.54, 1.807) is 32.1 Å². The minimum Gasteiger partial charge on any atom is -0.326 e. The van der Waals surface area contributed by atoms with E-state index in [2.05, 4.69) is 10.0 Å². The van der Waals surface area contributed by atoms with Crippen LogP contribution in [0.15, 0.2) is 29.6 Å². The van der Waals surface area contributed by atoms with Crippen LogP contribution in [0.4, 0.5) is 5.69 Å². The van der Waals surface area contributed by atoms with Crippen LogP contribution in [-0.4, -0.2) is 25.6 Å². The zero-order chi connectivity index (χ0) is 17.8. The average molecular weight is 369 g/mol. The summed E-state index contributed by atoms with van der Waals surface area (Å²) in [6, 6.07) is 7.88. The number of amides is 1. The quantitative estimate of drug-likeness (QED) is 0.731. The Balaban J connectivity index is 1.72. The summed E-state index contributed by atoms with van der Waals surface area (Å²) < 4.78 is 26.7. The van der Waals surface area contributed by atoms with Crippen LogP contribution in [0.5, 0.6) is 0 Å². The second kappa shape index (κ2) is 7.63. The number of unbranched alkanes of at least 4 members (excludes halogenated alkanes) is 1. The lowest BCUT2D eigenvalue weighted by atomic mass is 10.2. The van der Waals surface area contributed by atoms with E-state index in [0.29, 0.717) is 25.8 Å². The van der Waals surface area contributed by atoms with Crippen molar-refractivity contribution in [1.29, 1.82) is 0 Å². The fourth-order valence-corrected chi connectivity index (χ4v) is 3.72. The molecule has 1 amide bonds. The van der Waals surface area contributed by atoms with Crippen molar-refractivity contribution >= 4 is 43.0 Å². The molecule has 7 heteroatoms. The fourth-order valence-electron chi connectivity index (χ4n) is 2.10. The Morgan fingerprint density at radius 2 is 1.92 bits per heavy atom. The number of carbonyl (C=O) groups is 1. The summed E-state index contributed by atoms with van der Waals surface area (Å²) in [5.74, 6) is -0.0525. The number of carbonyl (C=O) groups excluding carboxylic acids is 1. The Morgan fingerprint density at radius 1 is 1.17 bits per heavy atom. The van der Waals surface area contributed by atoms with E-state index in [1.165, 1.54) is 4.70 Å². The van der Waals surface area contributed by atoms with Crippen LogP contribution >= 0.6 is 11.3 Å². The van der Waals surface area contributed by atoms with Crippen molar-refractivity contribution in [2.24, 2.45) is 0 Å². The van der Waals surface area contributed by atoms with Gasteiger partial charge in [0.2, 0.25) is 15.9 Å². The molecular weight excluding hydrogens is 344 g/mol. The van der Waals surface area contributed by atoms with Gasteiger partial charge in [-0.3, -0.25) is 4.79 Å². The van der Waals surface area contributed by atoms with Gasteiger partial charge in [0.15, 0.2) is 0 Å². The lowest BCUT2D eigenvalue weighted by molar-refractivity contribution is -0.116. The molecule has 0 bridgehead atoms. The third-order valence-electron chi connectivity index (χ3n) is 3.67. The van der Waals surface area contributed by atoms with E-state index in [9.17, 15) is 13.2 Å². The molecule has 2 aromatic rings. The Labute approximate surface area is 147 Å². The van der Waals surface area contributed by atoms with Crippen molar-refractivity contribution < 1.29 is 13.2 Å². The molecule has 0 atom stereocenters. The molecule has 0 aliphatic carbocycles. The molecule has 0 radical (unpaired) electrons. The Kier molecular flexibility index (Phi) is 6.01. The standard InChI is InChI=1S/C17H24N2O3S2/c1-17(2,3)24(21,22)18-10-5-4-6-16(20)19-14-7-8-15-13(12-14)9-11-23-15/h7-9,11-12,18H,4-6,10H2,1-3H3,(H,19,20). The van der Waals surface area contributed by atoms with E-state index in [4.69, 9.17) is 0 Å². The number of sulfonamides is 1. The lowest BCUT2D eigenvalue weighted by Gasteiger charge is -2.19. The molecule has 1 heterocycles. The SMILES string of the molecule is CC(C)(C)S(=O)(=O)NCCCCC(=O)Nc1ccc2sccc2c1. The van der Waals surface area contributed by atoms with Gasteiger partial charge in [0, 0.05) is 23.4 Å². The van der Waals surface area contributed by atoms with Gasteiger partial charge in [-0.05, 0) is 68.6 Å². The Morgan fingerprint density at radius 3 is 2.62 bits per heavy atom. The van der Waals surface area contributed by atoms with E-state index >= 15 is 0 Å². The second-order valence-electron chi connectivity index (χ2n) is 6.69. The zero-order valence-electron chi connectivity index (χ0n) is 14.3. The third-order valence-corrected chi connectivity index (χ3v) is 6.76. The minimum atomic E-state index is -3.31.